The normalized spacial score (nSPS) is 11.9. The Kier molecular flexibility index (Phi) is 5.96. The molecule has 0 bridgehead atoms. The largest absolute Gasteiger partial charge is 0.456 e. The van der Waals surface area contributed by atoms with Gasteiger partial charge in [0.2, 0.25) is 0 Å². The highest BCUT2D eigenvalue weighted by Crippen LogP contribution is 2.41. The second-order valence-electron chi connectivity index (χ2n) is 13.3. The highest BCUT2D eigenvalue weighted by Gasteiger charge is 2.19. The molecule has 0 aliphatic carbocycles. The number of rotatable bonds is 4. The Labute approximate surface area is 293 Å². The molecule has 0 aliphatic rings. The average Bonchev–Trinajstić information content (AvgIpc) is 3.85. The third kappa shape index (κ3) is 4.19. The van der Waals surface area contributed by atoms with Gasteiger partial charge >= 0.3 is 0 Å². The summed E-state index contributed by atoms with van der Waals surface area (Å²) in [6.07, 6.45) is 0. The summed E-state index contributed by atoms with van der Waals surface area (Å²) in [7, 11) is 0. The highest BCUT2D eigenvalue weighted by atomic mass is 16.3. The summed E-state index contributed by atoms with van der Waals surface area (Å²) in [6, 6.07) is 65.5. The van der Waals surface area contributed by atoms with E-state index in [0.717, 1.165) is 33.3 Å². The van der Waals surface area contributed by atoms with Crippen LogP contribution in [0.25, 0.3) is 99.2 Å². The molecule has 0 unspecified atom stereocenters. The van der Waals surface area contributed by atoms with E-state index in [0.29, 0.717) is 0 Å². The molecule has 3 heteroatoms. The Hall–Kier alpha value is -6.84. The first-order valence-electron chi connectivity index (χ1n) is 17.4. The maximum Gasteiger partial charge on any atom is 0.137 e. The van der Waals surface area contributed by atoms with E-state index in [1.807, 2.05) is 12.1 Å². The number of hydrogen-bond donors (Lipinski definition) is 0. The molecule has 0 aliphatic heterocycles. The lowest BCUT2D eigenvalue weighted by Crippen LogP contribution is -1.94. The van der Waals surface area contributed by atoms with Gasteiger partial charge in [0, 0.05) is 32.6 Å². The fourth-order valence-corrected chi connectivity index (χ4v) is 8.22. The van der Waals surface area contributed by atoms with Crippen molar-refractivity contribution in [1.29, 1.82) is 0 Å². The van der Waals surface area contributed by atoms with Crippen molar-refractivity contribution in [3.63, 3.8) is 0 Å². The standard InChI is InChI=1S/C48H30N2O/c1-3-12-31(13-4-1)34-22-25-37-40-29-32(23-26-42(40)49(45(37)30-34)35-14-5-2-6-15-35)33-24-27-43-39(28-33)36-16-7-9-18-41(36)50(43)44-19-11-21-47-48(44)38-17-8-10-20-46(38)51-47/h1-30H. The molecule has 0 saturated carbocycles. The van der Waals surface area contributed by atoms with Gasteiger partial charge in [-0.25, -0.2) is 0 Å². The highest BCUT2D eigenvalue weighted by molar-refractivity contribution is 6.16. The third-order valence-electron chi connectivity index (χ3n) is 10.5. The molecular formula is C48H30N2O. The topological polar surface area (TPSA) is 23.0 Å². The molecule has 3 aromatic heterocycles. The van der Waals surface area contributed by atoms with Crippen LogP contribution in [0.4, 0.5) is 0 Å². The van der Waals surface area contributed by atoms with Crippen molar-refractivity contribution in [1.82, 2.24) is 9.13 Å². The van der Waals surface area contributed by atoms with Crippen LogP contribution in [0.5, 0.6) is 0 Å². The predicted molar refractivity (Wildman–Crippen MR) is 213 cm³/mol. The molecule has 0 atom stereocenters. The lowest BCUT2D eigenvalue weighted by Gasteiger charge is -2.10. The summed E-state index contributed by atoms with van der Waals surface area (Å²) in [5.74, 6) is 0. The third-order valence-corrected chi connectivity index (χ3v) is 10.5. The Bertz CT molecular complexity index is 3130. The van der Waals surface area contributed by atoms with Crippen molar-refractivity contribution in [3.8, 4) is 33.6 Å². The minimum Gasteiger partial charge on any atom is -0.456 e. The Morgan fingerprint density at radius 3 is 1.67 bits per heavy atom. The zero-order valence-corrected chi connectivity index (χ0v) is 27.6. The smallest absolute Gasteiger partial charge is 0.137 e. The minimum atomic E-state index is 0.898. The minimum absolute atomic E-state index is 0.898. The molecule has 0 N–H and O–H groups in total. The van der Waals surface area contributed by atoms with Gasteiger partial charge in [-0.2, -0.15) is 0 Å². The van der Waals surface area contributed by atoms with Gasteiger partial charge in [0.1, 0.15) is 11.2 Å². The van der Waals surface area contributed by atoms with E-state index in [2.05, 4.69) is 179 Å². The van der Waals surface area contributed by atoms with Crippen LogP contribution >= 0.6 is 0 Å². The van der Waals surface area contributed by atoms with Crippen LogP contribution in [-0.2, 0) is 0 Å². The van der Waals surface area contributed by atoms with Gasteiger partial charge in [-0.1, -0.05) is 115 Å². The maximum atomic E-state index is 6.30. The van der Waals surface area contributed by atoms with Crippen LogP contribution in [0.15, 0.2) is 186 Å². The van der Waals surface area contributed by atoms with Crippen molar-refractivity contribution in [2.75, 3.05) is 0 Å². The molecular weight excluding hydrogens is 621 g/mol. The lowest BCUT2D eigenvalue weighted by molar-refractivity contribution is 0.669. The Morgan fingerprint density at radius 2 is 0.882 bits per heavy atom. The molecule has 11 aromatic rings. The summed E-state index contributed by atoms with van der Waals surface area (Å²) < 4.78 is 11.1. The van der Waals surface area contributed by atoms with E-state index >= 15 is 0 Å². The van der Waals surface area contributed by atoms with Crippen LogP contribution < -0.4 is 0 Å². The van der Waals surface area contributed by atoms with Crippen molar-refractivity contribution < 1.29 is 4.42 Å². The molecule has 0 radical (unpaired) electrons. The molecule has 11 rings (SSSR count). The molecule has 0 saturated heterocycles. The number of fused-ring (bicyclic) bond motifs is 9. The van der Waals surface area contributed by atoms with E-state index < -0.39 is 0 Å². The first kappa shape index (κ1) is 28.0. The van der Waals surface area contributed by atoms with Gasteiger partial charge in [0.25, 0.3) is 0 Å². The molecule has 0 amide bonds. The SMILES string of the molecule is c1ccc(-c2ccc3c4cc(-c5ccc6c(c5)c5ccccc5n6-c5cccc6oc7ccccc7c56)ccc4n(-c4ccccc4)c3c2)cc1. The number of aromatic nitrogens is 2. The fraction of sp³-hybridized carbons (Fsp3) is 0. The summed E-state index contributed by atoms with van der Waals surface area (Å²) in [4.78, 5) is 0. The van der Waals surface area contributed by atoms with Crippen molar-refractivity contribution >= 4 is 65.6 Å². The predicted octanol–water partition coefficient (Wildman–Crippen LogP) is 13.1. The Morgan fingerprint density at radius 1 is 0.314 bits per heavy atom. The van der Waals surface area contributed by atoms with Gasteiger partial charge in [0.05, 0.1) is 33.1 Å². The number of para-hydroxylation sites is 3. The second kappa shape index (κ2) is 10.8. The molecule has 51 heavy (non-hydrogen) atoms. The molecule has 238 valence electrons. The van der Waals surface area contributed by atoms with Gasteiger partial charge in [-0.15, -0.1) is 0 Å². The molecule has 8 aromatic carbocycles. The fourth-order valence-electron chi connectivity index (χ4n) is 8.22. The number of furan rings is 1. The van der Waals surface area contributed by atoms with E-state index in [1.54, 1.807) is 0 Å². The summed E-state index contributed by atoms with van der Waals surface area (Å²) in [5, 5.41) is 7.21. The van der Waals surface area contributed by atoms with Crippen LogP contribution in [0, 0.1) is 0 Å². The van der Waals surface area contributed by atoms with Crippen molar-refractivity contribution in [2.45, 2.75) is 0 Å². The summed E-state index contributed by atoms with van der Waals surface area (Å²) in [6.45, 7) is 0. The molecule has 3 heterocycles. The van der Waals surface area contributed by atoms with Gasteiger partial charge in [-0.05, 0) is 89.0 Å². The summed E-state index contributed by atoms with van der Waals surface area (Å²) in [5.41, 5.74) is 13.7. The van der Waals surface area contributed by atoms with Crippen molar-refractivity contribution in [2.24, 2.45) is 0 Å². The van der Waals surface area contributed by atoms with E-state index in [-0.39, 0.29) is 0 Å². The Balaban J connectivity index is 1.13. The van der Waals surface area contributed by atoms with Crippen LogP contribution in [-0.4, -0.2) is 9.13 Å². The van der Waals surface area contributed by atoms with Crippen LogP contribution in [0.3, 0.4) is 0 Å². The van der Waals surface area contributed by atoms with E-state index in [9.17, 15) is 0 Å². The van der Waals surface area contributed by atoms with Crippen molar-refractivity contribution in [3.05, 3.63) is 182 Å². The van der Waals surface area contributed by atoms with Gasteiger partial charge in [-0.3, -0.25) is 0 Å². The van der Waals surface area contributed by atoms with E-state index in [4.69, 9.17) is 4.42 Å². The average molecular weight is 651 g/mol. The second-order valence-corrected chi connectivity index (χ2v) is 13.3. The van der Waals surface area contributed by atoms with Gasteiger partial charge in [0.15, 0.2) is 0 Å². The molecule has 3 nitrogen and oxygen atoms in total. The molecule has 0 spiro atoms. The zero-order valence-electron chi connectivity index (χ0n) is 27.6. The number of nitrogens with zero attached hydrogens (tertiary/aromatic N) is 2. The monoisotopic (exact) mass is 650 g/mol. The van der Waals surface area contributed by atoms with Gasteiger partial charge < -0.3 is 13.6 Å². The van der Waals surface area contributed by atoms with E-state index in [1.165, 1.54) is 65.9 Å². The lowest BCUT2D eigenvalue weighted by atomic mass is 9.99. The summed E-state index contributed by atoms with van der Waals surface area (Å²) >= 11 is 0. The maximum absolute atomic E-state index is 6.30. The zero-order chi connectivity index (χ0) is 33.5. The first-order valence-corrected chi connectivity index (χ1v) is 17.4. The van der Waals surface area contributed by atoms with Crippen LogP contribution in [0.1, 0.15) is 0 Å². The number of benzene rings is 8. The number of hydrogen-bond acceptors (Lipinski definition) is 1. The quantitative estimate of drug-likeness (QED) is 0.186. The molecule has 0 fully saturated rings. The first-order chi connectivity index (χ1) is 25.3. The van der Waals surface area contributed by atoms with Crippen LogP contribution in [0.2, 0.25) is 0 Å².